The number of imidazole rings is 1. The summed E-state index contributed by atoms with van der Waals surface area (Å²) >= 11 is 0. The summed E-state index contributed by atoms with van der Waals surface area (Å²) in [7, 11) is 9.72. The van der Waals surface area contributed by atoms with Gasteiger partial charge in [0.1, 0.15) is 13.1 Å². The van der Waals surface area contributed by atoms with Crippen molar-refractivity contribution in [2.24, 2.45) is 0 Å². The molecular formula is C27H31N2O6+. The van der Waals surface area contributed by atoms with Crippen molar-refractivity contribution in [2.75, 3.05) is 42.7 Å². The normalized spacial score (nSPS) is 10.8. The van der Waals surface area contributed by atoms with Gasteiger partial charge < -0.3 is 28.4 Å². The average molecular weight is 480 g/mol. The molecule has 1 heterocycles. The molecule has 0 saturated heterocycles. The van der Waals surface area contributed by atoms with Crippen molar-refractivity contribution in [3.8, 4) is 34.5 Å². The molecule has 1 aromatic heterocycles. The van der Waals surface area contributed by atoms with Gasteiger partial charge in [0.15, 0.2) is 34.0 Å². The van der Waals surface area contributed by atoms with Crippen LogP contribution in [0.3, 0.4) is 0 Å². The van der Waals surface area contributed by atoms with Gasteiger partial charge in [-0.2, -0.15) is 0 Å². The van der Waals surface area contributed by atoms with Gasteiger partial charge in [0.25, 0.3) is 0 Å². The lowest BCUT2D eigenvalue weighted by atomic mass is 10.1. The molecule has 0 N–H and O–H groups in total. The zero-order valence-corrected chi connectivity index (χ0v) is 21.0. The molecule has 0 unspecified atom stereocenters. The Kier molecular flexibility index (Phi) is 7.19. The van der Waals surface area contributed by atoms with E-state index in [1.54, 1.807) is 42.7 Å². The maximum absolute atomic E-state index is 5.71. The van der Waals surface area contributed by atoms with Crippen LogP contribution in [0.15, 0.2) is 54.9 Å². The molecule has 0 amide bonds. The molecule has 35 heavy (non-hydrogen) atoms. The van der Waals surface area contributed by atoms with Gasteiger partial charge >= 0.3 is 0 Å². The number of hydrogen-bond donors (Lipinski definition) is 0. The summed E-state index contributed by atoms with van der Waals surface area (Å²) in [5.74, 6) is 3.71. The third-order valence-electron chi connectivity index (χ3n) is 6.03. The summed E-state index contributed by atoms with van der Waals surface area (Å²) in [6, 6.07) is 16.1. The van der Waals surface area contributed by atoms with Crippen LogP contribution in [0.5, 0.6) is 34.5 Å². The van der Waals surface area contributed by atoms with Crippen LogP contribution in [0, 0.1) is 0 Å². The van der Waals surface area contributed by atoms with Gasteiger partial charge in [0.2, 0.25) is 17.8 Å². The molecule has 8 nitrogen and oxygen atoms in total. The first kappa shape index (κ1) is 24.1. The number of benzene rings is 3. The van der Waals surface area contributed by atoms with E-state index in [1.165, 1.54) is 0 Å². The maximum Gasteiger partial charge on any atom is 0.245 e. The van der Waals surface area contributed by atoms with E-state index in [9.17, 15) is 0 Å². The van der Waals surface area contributed by atoms with E-state index in [-0.39, 0.29) is 0 Å². The summed E-state index contributed by atoms with van der Waals surface area (Å²) in [4.78, 5) is 0. The second-order valence-electron chi connectivity index (χ2n) is 7.85. The van der Waals surface area contributed by atoms with E-state index in [2.05, 4.69) is 27.6 Å². The molecule has 0 fully saturated rings. The molecule has 0 saturated carbocycles. The van der Waals surface area contributed by atoms with Crippen LogP contribution < -0.4 is 33.0 Å². The molecule has 0 bridgehead atoms. The van der Waals surface area contributed by atoms with E-state index in [1.807, 2.05) is 36.4 Å². The van der Waals surface area contributed by atoms with Crippen LogP contribution in [-0.4, -0.2) is 47.2 Å². The van der Waals surface area contributed by atoms with E-state index < -0.39 is 0 Å². The van der Waals surface area contributed by atoms with Crippen LogP contribution in [0.25, 0.3) is 11.0 Å². The van der Waals surface area contributed by atoms with Gasteiger partial charge in [-0.25, -0.2) is 9.13 Å². The number of methoxy groups -OCH3 is 6. The molecule has 0 aliphatic carbocycles. The summed E-state index contributed by atoms with van der Waals surface area (Å²) in [6.07, 6.45) is 2.09. The molecule has 0 aliphatic heterocycles. The molecule has 0 aliphatic rings. The van der Waals surface area contributed by atoms with Crippen LogP contribution in [0.2, 0.25) is 0 Å². The minimum Gasteiger partial charge on any atom is -0.493 e. The minimum absolute atomic E-state index is 0.576. The average Bonchev–Trinajstić information content (AvgIpc) is 3.24. The first-order valence-corrected chi connectivity index (χ1v) is 11.1. The van der Waals surface area contributed by atoms with Crippen LogP contribution in [-0.2, 0) is 13.1 Å². The first-order chi connectivity index (χ1) is 17.1. The molecule has 184 valence electrons. The molecular weight excluding hydrogens is 448 g/mol. The number of ether oxygens (including phenoxy) is 6. The fourth-order valence-corrected chi connectivity index (χ4v) is 4.44. The summed E-state index contributed by atoms with van der Waals surface area (Å²) in [6.45, 7) is 1.17. The van der Waals surface area contributed by atoms with Crippen molar-refractivity contribution >= 4 is 11.0 Å². The molecule has 0 radical (unpaired) electrons. The highest BCUT2D eigenvalue weighted by Gasteiger charge is 2.23. The Balaban J connectivity index is 1.78. The lowest BCUT2D eigenvalue weighted by Gasteiger charge is -2.15. The second kappa shape index (κ2) is 10.5. The minimum atomic E-state index is 0.576. The van der Waals surface area contributed by atoms with Crippen molar-refractivity contribution < 1.29 is 33.0 Å². The Hall–Kier alpha value is -4.07. The number of fused-ring (bicyclic) bond motifs is 1. The molecule has 4 rings (SSSR count). The van der Waals surface area contributed by atoms with Crippen molar-refractivity contribution in [3.05, 3.63) is 66.0 Å². The molecule has 3 aromatic carbocycles. The number of nitrogens with zero attached hydrogens (tertiary/aromatic N) is 2. The van der Waals surface area contributed by atoms with Crippen LogP contribution in [0.4, 0.5) is 0 Å². The van der Waals surface area contributed by atoms with Gasteiger partial charge in [0, 0.05) is 11.1 Å². The van der Waals surface area contributed by atoms with E-state index in [4.69, 9.17) is 28.4 Å². The molecule has 0 spiro atoms. The van der Waals surface area contributed by atoms with Gasteiger partial charge in [-0.3, -0.25) is 0 Å². The standard InChI is InChI=1S/C27H31N2O6/c1-30-22-13-11-18(24(32-3)26(22)34-5)15-28-17-29(21-10-8-7-9-20(21)28)16-19-12-14-23(31-2)27(35-6)25(19)33-4/h7-14,17H,15-16H2,1-6H3/q+1. The Morgan fingerprint density at radius 3 is 1.71 bits per heavy atom. The number of para-hydroxylation sites is 2. The predicted octanol–water partition coefficient (Wildman–Crippen LogP) is 4.08. The second-order valence-corrected chi connectivity index (χ2v) is 7.85. The van der Waals surface area contributed by atoms with Crippen molar-refractivity contribution in [1.29, 1.82) is 0 Å². The fraction of sp³-hybridized carbons (Fsp3) is 0.296. The van der Waals surface area contributed by atoms with E-state index >= 15 is 0 Å². The smallest absolute Gasteiger partial charge is 0.245 e. The van der Waals surface area contributed by atoms with Gasteiger partial charge in [-0.1, -0.05) is 12.1 Å². The fourth-order valence-electron chi connectivity index (χ4n) is 4.44. The van der Waals surface area contributed by atoms with Gasteiger partial charge in [-0.15, -0.1) is 0 Å². The van der Waals surface area contributed by atoms with Crippen molar-refractivity contribution in [1.82, 2.24) is 4.57 Å². The van der Waals surface area contributed by atoms with Crippen LogP contribution >= 0.6 is 0 Å². The quantitative estimate of drug-likeness (QED) is 0.320. The van der Waals surface area contributed by atoms with Crippen molar-refractivity contribution in [2.45, 2.75) is 13.1 Å². The van der Waals surface area contributed by atoms with Gasteiger partial charge in [0.05, 0.1) is 42.7 Å². The van der Waals surface area contributed by atoms with Crippen LogP contribution in [0.1, 0.15) is 11.1 Å². The molecule has 4 aromatic rings. The first-order valence-electron chi connectivity index (χ1n) is 11.1. The van der Waals surface area contributed by atoms with E-state index in [0.717, 1.165) is 22.2 Å². The highest BCUT2D eigenvalue weighted by Crippen LogP contribution is 2.41. The Bertz CT molecular complexity index is 1230. The largest absolute Gasteiger partial charge is 0.493 e. The SMILES string of the molecule is COc1ccc(Cn2c[n+](Cc3ccc(OC)c(OC)c3OC)c3ccccc32)c(OC)c1OC. The zero-order chi connectivity index (χ0) is 24.9. The number of hydrogen-bond acceptors (Lipinski definition) is 6. The summed E-state index contributed by atoms with van der Waals surface area (Å²) in [5.41, 5.74) is 4.12. The maximum atomic E-state index is 5.71. The number of rotatable bonds is 10. The van der Waals surface area contributed by atoms with Gasteiger partial charge in [-0.05, 0) is 36.4 Å². The summed E-state index contributed by atoms with van der Waals surface area (Å²) in [5, 5.41) is 0. The topological polar surface area (TPSA) is 64.2 Å². The Labute approximate surface area is 205 Å². The highest BCUT2D eigenvalue weighted by molar-refractivity contribution is 5.72. The number of aromatic nitrogens is 2. The Morgan fingerprint density at radius 2 is 1.14 bits per heavy atom. The van der Waals surface area contributed by atoms with Crippen molar-refractivity contribution in [3.63, 3.8) is 0 Å². The third-order valence-corrected chi connectivity index (χ3v) is 6.03. The van der Waals surface area contributed by atoms with E-state index in [0.29, 0.717) is 47.6 Å². The lowest BCUT2D eigenvalue weighted by molar-refractivity contribution is -0.663. The third kappa shape index (κ3) is 4.39. The lowest BCUT2D eigenvalue weighted by Crippen LogP contribution is -2.33. The molecule has 8 heteroatoms. The highest BCUT2D eigenvalue weighted by atomic mass is 16.5. The molecule has 0 atom stereocenters. The summed E-state index contributed by atoms with van der Waals surface area (Å²) < 4.78 is 37.8. The Morgan fingerprint density at radius 1 is 0.600 bits per heavy atom. The zero-order valence-electron chi connectivity index (χ0n) is 21.0. The monoisotopic (exact) mass is 479 g/mol. The predicted molar refractivity (Wildman–Crippen MR) is 133 cm³/mol.